The number of hydrogen-bond donors (Lipinski definition) is 2. The van der Waals surface area contributed by atoms with Gasteiger partial charge in [0, 0.05) is 28.9 Å². The van der Waals surface area contributed by atoms with Crippen LogP contribution in [0.2, 0.25) is 0 Å². The van der Waals surface area contributed by atoms with Crippen LogP contribution in [0.5, 0.6) is 0 Å². The summed E-state index contributed by atoms with van der Waals surface area (Å²) in [5.41, 5.74) is 7.78. The highest BCUT2D eigenvalue weighted by Gasteiger charge is 3.00. The number of ether oxygens (including phenoxy) is 1. The van der Waals surface area contributed by atoms with Crippen LogP contribution in [0.1, 0.15) is 63.9 Å². The molecule has 1 aromatic rings. The second kappa shape index (κ2) is 6.32. The number of nitrogens with two attached hydrogens (primary N) is 1. The summed E-state index contributed by atoms with van der Waals surface area (Å²) in [5.74, 6) is 1.72. The molecule has 0 saturated heterocycles. The number of carbonyl (C=O) groups excluding carboxylic acids is 1. The largest absolute Gasteiger partial charge is 0.381 e. The van der Waals surface area contributed by atoms with E-state index in [0.717, 1.165) is 58.3 Å². The van der Waals surface area contributed by atoms with E-state index in [1.807, 2.05) is 0 Å². The van der Waals surface area contributed by atoms with Crippen LogP contribution < -0.4 is 11.1 Å². The van der Waals surface area contributed by atoms with E-state index < -0.39 is 0 Å². The normalized spacial score (nSPS) is 47.5. The van der Waals surface area contributed by atoms with Gasteiger partial charge in [0.15, 0.2) is 0 Å². The van der Waals surface area contributed by atoms with Crippen LogP contribution in [0.15, 0.2) is 30.3 Å². The average Bonchev–Trinajstić information content (AvgIpc) is 2.73. The fraction of sp³-hybridized carbons (Fsp3) is 0.731. The topological polar surface area (TPSA) is 64.3 Å². The molecule has 0 bridgehead atoms. The molecule has 3 unspecified atom stereocenters. The first kappa shape index (κ1) is 19.3. The molecule has 4 nitrogen and oxygen atoms in total. The standard InChI is InChI=1S/C26H36N2O2/c1-2-30-17-23-12-20-13-24(22(29)28-21-10-8-18(14-27)9-11-21)16-25(15-23,26(20,23)24)19-6-4-3-5-7-19/h3-7,18,20-21H,2,8-17,27H2,1H3,(H,28,29)/t18-,20?,21+,23-,24?,25+,26?/m1/s1. The molecule has 3 N–H and O–H groups in total. The molecule has 0 radical (unpaired) electrons. The van der Waals surface area contributed by atoms with Crippen molar-refractivity contribution in [2.24, 2.45) is 33.8 Å². The molecule has 5 aliphatic rings. The Balaban J connectivity index is 1.27. The number of rotatable bonds is 7. The third-order valence-corrected chi connectivity index (χ3v) is 10.3. The van der Waals surface area contributed by atoms with E-state index in [2.05, 4.69) is 42.6 Å². The zero-order valence-electron chi connectivity index (χ0n) is 18.3. The van der Waals surface area contributed by atoms with Gasteiger partial charge in [-0.3, -0.25) is 4.79 Å². The number of carbonyl (C=O) groups is 1. The van der Waals surface area contributed by atoms with Gasteiger partial charge in [0.1, 0.15) is 0 Å². The minimum atomic E-state index is -0.147. The van der Waals surface area contributed by atoms with Crippen LogP contribution in [0.25, 0.3) is 0 Å². The molecule has 6 rings (SSSR count). The molecule has 5 atom stereocenters. The van der Waals surface area contributed by atoms with Crippen molar-refractivity contribution in [3.63, 3.8) is 0 Å². The van der Waals surface area contributed by atoms with Crippen LogP contribution in [0.4, 0.5) is 0 Å². The molecule has 1 spiro atoms. The summed E-state index contributed by atoms with van der Waals surface area (Å²) >= 11 is 0. The number of amides is 1. The van der Waals surface area contributed by atoms with Crippen LogP contribution in [-0.2, 0) is 14.9 Å². The fourth-order valence-corrected chi connectivity index (χ4v) is 9.59. The predicted molar refractivity (Wildman–Crippen MR) is 117 cm³/mol. The maximum atomic E-state index is 13.8. The molecule has 5 fully saturated rings. The minimum absolute atomic E-state index is 0.147. The molecule has 1 aromatic carbocycles. The van der Waals surface area contributed by atoms with Crippen molar-refractivity contribution in [2.45, 2.75) is 69.7 Å². The Hall–Kier alpha value is -1.39. The van der Waals surface area contributed by atoms with Crippen molar-refractivity contribution in [1.82, 2.24) is 5.32 Å². The van der Waals surface area contributed by atoms with Crippen molar-refractivity contribution in [1.29, 1.82) is 0 Å². The molecule has 0 heterocycles. The summed E-state index contributed by atoms with van der Waals surface area (Å²) in [7, 11) is 0. The Morgan fingerprint density at radius 3 is 2.57 bits per heavy atom. The first-order chi connectivity index (χ1) is 14.6. The molecule has 5 saturated carbocycles. The molecule has 0 aromatic heterocycles. The summed E-state index contributed by atoms with van der Waals surface area (Å²) in [6.45, 7) is 4.48. The van der Waals surface area contributed by atoms with E-state index >= 15 is 0 Å². The van der Waals surface area contributed by atoms with Gasteiger partial charge in [-0.05, 0) is 82.2 Å². The third kappa shape index (κ3) is 1.95. The van der Waals surface area contributed by atoms with E-state index in [4.69, 9.17) is 10.5 Å². The quantitative estimate of drug-likeness (QED) is 0.722. The van der Waals surface area contributed by atoms with Crippen molar-refractivity contribution in [3.05, 3.63) is 35.9 Å². The van der Waals surface area contributed by atoms with E-state index in [-0.39, 0.29) is 21.7 Å². The van der Waals surface area contributed by atoms with Crippen molar-refractivity contribution in [2.75, 3.05) is 19.8 Å². The first-order valence-electron chi connectivity index (χ1n) is 12.2. The zero-order valence-corrected chi connectivity index (χ0v) is 18.3. The summed E-state index contributed by atoms with van der Waals surface area (Å²) in [4.78, 5) is 13.8. The SMILES string of the molecule is CCOC[C@@]12CC3CC4(C(=O)N[C@H]5CC[C@@H](CN)CC5)C[C@](c5ccccc5)(C1)C342. The number of hydrogen-bond acceptors (Lipinski definition) is 3. The van der Waals surface area contributed by atoms with Gasteiger partial charge < -0.3 is 15.8 Å². The highest BCUT2D eigenvalue weighted by atomic mass is 16.5. The lowest BCUT2D eigenvalue weighted by molar-refractivity contribution is -0.483. The Morgan fingerprint density at radius 1 is 1.13 bits per heavy atom. The van der Waals surface area contributed by atoms with Crippen molar-refractivity contribution >= 4 is 5.91 Å². The summed E-state index contributed by atoms with van der Waals surface area (Å²) in [6.07, 6.45) is 9.10. The van der Waals surface area contributed by atoms with E-state index in [1.54, 1.807) is 0 Å². The van der Waals surface area contributed by atoms with E-state index in [9.17, 15) is 4.79 Å². The third-order valence-electron chi connectivity index (χ3n) is 10.3. The highest BCUT2D eigenvalue weighted by molar-refractivity contribution is 5.90. The van der Waals surface area contributed by atoms with Gasteiger partial charge in [0.05, 0.1) is 12.0 Å². The van der Waals surface area contributed by atoms with Crippen LogP contribution in [0, 0.1) is 28.1 Å². The maximum absolute atomic E-state index is 13.8. The summed E-state index contributed by atoms with van der Waals surface area (Å²) in [6, 6.07) is 11.4. The Morgan fingerprint density at radius 2 is 1.90 bits per heavy atom. The second-order valence-corrected chi connectivity index (χ2v) is 11.1. The van der Waals surface area contributed by atoms with Crippen LogP contribution >= 0.6 is 0 Å². The summed E-state index contributed by atoms with van der Waals surface area (Å²) < 4.78 is 6.01. The molecule has 4 heteroatoms. The van der Waals surface area contributed by atoms with Gasteiger partial charge in [0.2, 0.25) is 5.91 Å². The van der Waals surface area contributed by atoms with Gasteiger partial charge in [-0.15, -0.1) is 0 Å². The van der Waals surface area contributed by atoms with Crippen LogP contribution in [0.3, 0.4) is 0 Å². The van der Waals surface area contributed by atoms with Gasteiger partial charge >= 0.3 is 0 Å². The van der Waals surface area contributed by atoms with Gasteiger partial charge in [-0.25, -0.2) is 0 Å². The molecule has 5 aliphatic carbocycles. The van der Waals surface area contributed by atoms with Crippen molar-refractivity contribution in [3.8, 4) is 0 Å². The Kier molecular flexibility index (Phi) is 4.07. The lowest BCUT2D eigenvalue weighted by atomic mass is 9.03. The highest BCUT2D eigenvalue weighted by Crippen LogP contribution is 3.01. The Bertz CT molecular complexity index is 850. The lowest BCUT2D eigenvalue weighted by Crippen LogP contribution is -2.98. The van der Waals surface area contributed by atoms with Gasteiger partial charge in [0.25, 0.3) is 0 Å². The maximum Gasteiger partial charge on any atom is 0.227 e. The number of benzene rings is 1. The number of nitrogens with one attached hydrogen (secondary N) is 1. The van der Waals surface area contributed by atoms with Crippen molar-refractivity contribution < 1.29 is 9.53 Å². The molecule has 1 amide bonds. The minimum Gasteiger partial charge on any atom is -0.381 e. The Labute approximate surface area is 180 Å². The molecule has 0 aliphatic heterocycles. The fourth-order valence-electron chi connectivity index (χ4n) is 9.59. The molecular weight excluding hydrogens is 372 g/mol. The van der Waals surface area contributed by atoms with E-state index in [0.29, 0.717) is 23.8 Å². The van der Waals surface area contributed by atoms with Gasteiger partial charge in [-0.2, -0.15) is 0 Å². The first-order valence-corrected chi connectivity index (χ1v) is 12.2. The van der Waals surface area contributed by atoms with Gasteiger partial charge in [-0.1, -0.05) is 30.3 Å². The van der Waals surface area contributed by atoms with Crippen LogP contribution in [-0.4, -0.2) is 31.7 Å². The lowest BCUT2D eigenvalue weighted by Gasteiger charge is -2.99. The zero-order chi connectivity index (χ0) is 20.6. The van der Waals surface area contributed by atoms with E-state index in [1.165, 1.54) is 18.4 Å². The average molecular weight is 409 g/mol. The smallest absolute Gasteiger partial charge is 0.227 e. The molecular formula is C26H36N2O2. The molecule has 30 heavy (non-hydrogen) atoms. The predicted octanol–water partition coefficient (Wildman–Crippen LogP) is 3.78. The molecule has 162 valence electrons. The second-order valence-electron chi connectivity index (χ2n) is 11.1. The summed E-state index contributed by atoms with van der Waals surface area (Å²) in [5, 5.41) is 3.53. The monoisotopic (exact) mass is 408 g/mol.